The van der Waals surface area contributed by atoms with Gasteiger partial charge >= 0.3 is 5.97 Å². The van der Waals surface area contributed by atoms with Crippen LogP contribution in [0.25, 0.3) is 0 Å². The number of ether oxygens (including phenoxy) is 2. The first-order valence-electron chi connectivity index (χ1n) is 7.73. The van der Waals surface area contributed by atoms with E-state index in [1.807, 2.05) is 6.08 Å². The Kier molecular flexibility index (Phi) is 4.40. The fraction of sp³-hybridized carbons (Fsp3) is 0.333. The molecule has 0 aliphatic carbocycles. The Morgan fingerprint density at radius 2 is 1.96 bits per heavy atom. The number of hydrogen-bond donors (Lipinski definition) is 2. The zero-order chi connectivity index (χ0) is 17.3. The number of phenols is 2. The third-order valence-electron chi connectivity index (χ3n) is 3.94. The van der Waals surface area contributed by atoms with Crippen LogP contribution in [0, 0.1) is 0 Å². The number of rotatable bonds is 0. The van der Waals surface area contributed by atoms with Crippen molar-refractivity contribution in [3.63, 3.8) is 0 Å². The van der Waals surface area contributed by atoms with Gasteiger partial charge in [0.05, 0.1) is 6.10 Å². The molecule has 0 aromatic heterocycles. The maximum Gasteiger partial charge on any atom is 0.342 e. The zero-order valence-electron chi connectivity index (χ0n) is 13.1. The van der Waals surface area contributed by atoms with Crippen molar-refractivity contribution < 1.29 is 29.3 Å². The molecule has 0 radical (unpaired) electrons. The maximum atomic E-state index is 12.4. The van der Waals surface area contributed by atoms with Crippen LogP contribution in [0.4, 0.5) is 0 Å². The molecule has 126 valence electrons. The number of ketones is 1. The molecule has 2 aliphatic rings. The topological polar surface area (TPSA) is 96.4 Å². The number of carbonyl (C=O) groups is 2. The van der Waals surface area contributed by atoms with Gasteiger partial charge in [0, 0.05) is 18.9 Å². The van der Waals surface area contributed by atoms with Crippen molar-refractivity contribution in [2.45, 2.75) is 38.1 Å². The minimum atomic E-state index is -0.725. The molecule has 6 nitrogen and oxygen atoms in total. The number of esters is 1. The second kappa shape index (κ2) is 6.49. The van der Waals surface area contributed by atoms with Gasteiger partial charge in [-0.25, -0.2) is 4.79 Å². The smallest absolute Gasteiger partial charge is 0.342 e. The van der Waals surface area contributed by atoms with Crippen molar-refractivity contribution in [2.24, 2.45) is 0 Å². The predicted molar refractivity (Wildman–Crippen MR) is 84.9 cm³/mol. The Morgan fingerprint density at radius 3 is 2.75 bits per heavy atom. The van der Waals surface area contributed by atoms with Crippen LogP contribution in [0.15, 0.2) is 36.4 Å². The van der Waals surface area contributed by atoms with E-state index < -0.39 is 17.8 Å². The van der Waals surface area contributed by atoms with Crippen LogP contribution in [-0.4, -0.2) is 40.3 Å². The molecule has 2 heterocycles. The Labute approximate surface area is 139 Å². The van der Waals surface area contributed by atoms with Crippen molar-refractivity contribution in [2.75, 3.05) is 0 Å². The largest absolute Gasteiger partial charge is 0.508 e. The van der Waals surface area contributed by atoms with E-state index >= 15 is 0 Å². The van der Waals surface area contributed by atoms with Gasteiger partial charge in [0.15, 0.2) is 5.78 Å². The molecular weight excluding hydrogens is 312 g/mol. The molecule has 1 aromatic carbocycles. The lowest BCUT2D eigenvalue weighted by Gasteiger charge is -2.15. The van der Waals surface area contributed by atoms with E-state index in [0.29, 0.717) is 6.42 Å². The predicted octanol–water partition coefficient (Wildman–Crippen LogP) is 2.04. The van der Waals surface area contributed by atoms with Crippen molar-refractivity contribution in [3.05, 3.63) is 47.6 Å². The van der Waals surface area contributed by atoms with E-state index in [1.165, 1.54) is 12.1 Å². The van der Waals surface area contributed by atoms with E-state index in [0.717, 1.165) is 6.07 Å². The van der Waals surface area contributed by atoms with Crippen molar-refractivity contribution >= 4 is 11.8 Å². The number of carbonyl (C=O) groups excluding carboxylic acids is 2. The number of epoxide rings is 1. The molecule has 0 saturated carbocycles. The molecule has 2 N–H and O–H groups in total. The van der Waals surface area contributed by atoms with Gasteiger partial charge in [-0.05, 0) is 24.6 Å². The molecule has 3 rings (SSSR count). The fourth-order valence-corrected chi connectivity index (χ4v) is 2.76. The highest BCUT2D eigenvalue weighted by molar-refractivity contribution is 5.98. The van der Waals surface area contributed by atoms with Crippen LogP contribution >= 0.6 is 0 Å². The molecule has 0 unspecified atom stereocenters. The standard InChI is InChI=1S/C18H18O6/c1-10-6-16-15(24-16)5-3-2-4-12(19)7-11-8-13(20)9-14(21)17(11)18(22)23-10/h2-5,8-10,15-16,20-21H,6-7H2,1H3/t10-,15+,16-/m0/s1. The highest BCUT2D eigenvalue weighted by atomic mass is 16.6. The lowest BCUT2D eigenvalue weighted by molar-refractivity contribution is -0.114. The molecule has 6 heteroatoms. The van der Waals surface area contributed by atoms with Gasteiger partial charge in [-0.15, -0.1) is 0 Å². The van der Waals surface area contributed by atoms with Gasteiger partial charge in [-0.3, -0.25) is 4.79 Å². The van der Waals surface area contributed by atoms with Crippen molar-refractivity contribution in [1.29, 1.82) is 0 Å². The number of phenolic OH excluding ortho intramolecular Hbond substituents is 2. The number of cyclic esters (lactones) is 1. The third-order valence-corrected chi connectivity index (χ3v) is 3.94. The molecule has 1 fully saturated rings. The van der Waals surface area contributed by atoms with Gasteiger partial charge < -0.3 is 19.7 Å². The number of benzene rings is 1. The van der Waals surface area contributed by atoms with Gasteiger partial charge in [0.25, 0.3) is 0 Å². The van der Waals surface area contributed by atoms with Gasteiger partial charge in [0.1, 0.15) is 29.3 Å². The van der Waals surface area contributed by atoms with Gasteiger partial charge in [-0.1, -0.05) is 18.2 Å². The summed E-state index contributed by atoms with van der Waals surface area (Å²) in [7, 11) is 0. The van der Waals surface area contributed by atoms with E-state index in [1.54, 1.807) is 19.1 Å². The number of aromatic hydroxyl groups is 2. The molecule has 2 aliphatic heterocycles. The lowest BCUT2D eigenvalue weighted by Crippen LogP contribution is -2.19. The first kappa shape index (κ1) is 16.3. The van der Waals surface area contributed by atoms with Crippen LogP contribution in [0.3, 0.4) is 0 Å². The summed E-state index contributed by atoms with van der Waals surface area (Å²) in [4.78, 5) is 24.4. The summed E-state index contributed by atoms with van der Waals surface area (Å²) < 4.78 is 10.8. The number of fused-ring (bicyclic) bond motifs is 2. The second-order valence-corrected chi connectivity index (χ2v) is 5.98. The first-order chi connectivity index (χ1) is 11.4. The van der Waals surface area contributed by atoms with E-state index in [2.05, 4.69) is 0 Å². The molecule has 0 amide bonds. The summed E-state index contributed by atoms with van der Waals surface area (Å²) in [6.07, 6.45) is 6.51. The normalized spacial score (nSPS) is 27.0. The molecule has 1 saturated heterocycles. The van der Waals surface area contributed by atoms with Crippen LogP contribution in [0.1, 0.15) is 29.3 Å². The Hall–Kier alpha value is -2.60. The minimum absolute atomic E-state index is 0.0241. The maximum absolute atomic E-state index is 12.4. The summed E-state index contributed by atoms with van der Waals surface area (Å²) in [5, 5.41) is 19.7. The van der Waals surface area contributed by atoms with Crippen LogP contribution in [0.2, 0.25) is 0 Å². The van der Waals surface area contributed by atoms with Crippen molar-refractivity contribution in [3.8, 4) is 11.5 Å². The second-order valence-electron chi connectivity index (χ2n) is 5.98. The van der Waals surface area contributed by atoms with Crippen LogP contribution in [-0.2, 0) is 20.7 Å². The quantitative estimate of drug-likeness (QED) is 0.558. The molecule has 3 atom stereocenters. The summed E-state index contributed by atoms with van der Waals surface area (Å²) in [6.45, 7) is 1.74. The SMILES string of the molecule is C[C@H]1C[C@@H]2O[C@@H]2C=CC=CC(=O)Cc2cc(O)cc(O)c2C(=O)O1. The molecule has 24 heavy (non-hydrogen) atoms. The summed E-state index contributed by atoms with van der Waals surface area (Å²) in [6, 6.07) is 2.34. The zero-order valence-corrected chi connectivity index (χ0v) is 13.1. The van der Waals surface area contributed by atoms with Gasteiger partial charge in [-0.2, -0.15) is 0 Å². The highest BCUT2D eigenvalue weighted by Crippen LogP contribution is 2.31. The van der Waals surface area contributed by atoms with E-state index in [4.69, 9.17) is 9.47 Å². The Morgan fingerprint density at radius 1 is 1.17 bits per heavy atom. The average molecular weight is 330 g/mol. The fourth-order valence-electron chi connectivity index (χ4n) is 2.76. The average Bonchev–Trinajstić information content (AvgIpc) is 3.19. The monoisotopic (exact) mass is 330 g/mol. The van der Waals surface area contributed by atoms with Crippen molar-refractivity contribution in [1.82, 2.24) is 0 Å². The summed E-state index contributed by atoms with van der Waals surface area (Å²) >= 11 is 0. The summed E-state index contributed by atoms with van der Waals surface area (Å²) in [5.41, 5.74) is 0.128. The third kappa shape index (κ3) is 3.65. The van der Waals surface area contributed by atoms with E-state index in [9.17, 15) is 19.8 Å². The minimum Gasteiger partial charge on any atom is -0.508 e. The number of hydrogen-bond acceptors (Lipinski definition) is 6. The molecule has 0 spiro atoms. The summed E-state index contributed by atoms with van der Waals surface area (Å²) in [5.74, 6) is -1.63. The first-order valence-corrected chi connectivity index (χ1v) is 7.73. The Bertz CT molecular complexity index is 733. The Balaban J connectivity index is 1.96. The molecular formula is C18H18O6. The lowest BCUT2D eigenvalue weighted by atomic mass is 10.00. The molecule has 1 aromatic rings. The number of allylic oxidation sites excluding steroid dienone is 3. The highest BCUT2D eigenvalue weighted by Gasteiger charge is 2.38. The van der Waals surface area contributed by atoms with Crippen LogP contribution < -0.4 is 0 Å². The molecule has 0 bridgehead atoms. The van der Waals surface area contributed by atoms with Gasteiger partial charge in [0.2, 0.25) is 0 Å². The van der Waals surface area contributed by atoms with E-state index in [-0.39, 0.29) is 41.3 Å². The van der Waals surface area contributed by atoms with Crippen LogP contribution in [0.5, 0.6) is 11.5 Å².